The van der Waals surface area contributed by atoms with Crippen LogP contribution in [0, 0.1) is 5.92 Å². The molecule has 2 heterocycles. The molecule has 0 spiro atoms. The summed E-state index contributed by atoms with van der Waals surface area (Å²) in [6.07, 6.45) is 2.47. The summed E-state index contributed by atoms with van der Waals surface area (Å²) in [7, 11) is 0. The molecule has 0 amide bonds. The predicted molar refractivity (Wildman–Crippen MR) is 79.1 cm³/mol. The van der Waals surface area contributed by atoms with Crippen molar-refractivity contribution >= 4 is 11.6 Å². The van der Waals surface area contributed by atoms with Gasteiger partial charge in [-0.3, -0.25) is 0 Å². The molecule has 3 N–H and O–H groups in total. The second kappa shape index (κ2) is 5.74. The Labute approximate surface area is 115 Å². The average Bonchev–Trinajstić information content (AvgIpc) is 2.87. The van der Waals surface area contributed by atoms with Crippen LogP contribution in [0.15, 0.2) is 6.07 Å². The Kier molecular flexibility index (Phi) is 4.24. The molecule has 1 unspecified atom stereocenters. The van der Waals surface area contributed by atoms with E-state index < -0.39 is 0 Å². The second-order valence-electron chi connectivity index (χ2n) is 5.92. The van der Waals surface area contributed by atoms with Crippen molar-refractivity contribution in [3.8, 4) is 0 Å². The fraction of sp³-hybridized carbons (Fsp3) is 0.714. The number of nitrogens with two attached hydrogens (primary N) is 1. The lowest BCUT2D eigenvalue weighted by Crippen LogP contribution is -2.34. The van der Waals surface area contributed by atoms with E-state index in [1.807, 2.05) is 6.07 Å². The van der Waals surface area contributed by atoms with Gasteiger partial charge in [-0.15, -0.1) is 0 Å². The zero-order valence-electron chi connectivity index (χ0n) is 12.3. The van der Waals surface area contributed by atoms with Crippen molar-refractivity contribution in [1.82, 2.24) is 9.97 Å². The van der Waals surface area contributed by atoms with Crippen LogP contribution >= 0.6 is 0 Å². The van der Waals surface area contributed by atoms with Gasteiger partial charge in [0.15, 0.2) is 0 Å². The van der Waals surface area contributed by atoms with E-state index in [0.29, 0.717) is 23.7 Å². The second-order valence-corrected chi connectivity index (χ2v) is 5.92. The van der Waals surface area contributed by atoms with Crippen molar-refractivity contribution in [2.45, 2.75) is 52.5 Å². The Morgan fingerprint density at radius 2 is 2.05 bits per heavy atom. The van der Waals surface area contributed by atoms with Gasteiger partial charge in [0, 0.05) is 24.6 Å². The van der Waals surface area contributed by atoms with Gasteiger partial charge >= 0.3 is 0 Å². The lowest BCUT2D eigenvalue weighted by molar-refractivity contribution is 0.489. The number of nitrogens with one attached hydrogen (secondary N) is 1. The molecule has 0 aliphatic carbocycles. The van der Waals surface area contributed by atoms with Gasteiger partial charge in [-0.2, -0.15) is 0 Å². The van der Waals surface area contributed by atoms with E-state index in [9.17, 15) is 0 Å². The summed E-state index contributed by atoms with van der Waals surface area (Å²) in [6.45, 7) is 9.82. The van der Waals surface area contributed by atoms with Crippen molar-refractivity contribution in [2.75, 3.05) is 16.9 Å². The molecule has 1 saturated heterocycles. The average molecular weight is 263 g/mol. The van der Waals surface area contributed by atoms with E-state index in [2.05, 4.69) is 43.0 Å². The molecule has 0 radical (unpaired) electrons. The Morgan fingerprint density at radius 1 is 1.32 bits per heavy atom. The Morgan fingerprint density at radius 3 is 2.63 bits per heavy atom. The number of hydrogen-bond acceptors (Lipinski definition) is 5. The van der Waals surface area contributed by atoms with Crippen molar-refractivity contribution < 1.29 is 0 Å². The van der Waals surface area contributed by atoms with E-state index in [1.54, 1.807) is 0 Å². The van der Waals surface area contributed by atoms with Crippen LogP contribution < -0.4 is 16.2 Å². The third-order valence-corrected chi connectivity index (χ3v) is 3.76. The molecule has 5 nitrogen and oxygen atoms in total. The van der Waals surface area contributed by atoms with E-state index in [1.165, 1.54) is 12.8 Å². The largest absolute Gasteiger partial charge is 0.353 e. The van der Waals surface area contributed by atoms with Gasteiger partial charge < -0.3 is 10.3 Å². The van der Waals surface area contributed by atoms with Gasteiger partial charge in [-0.05, 0) is 18.8 Å². The molecule has 1 atom stereocenters. The Hall–Kier alpha value is -1.36. The molecule has 0 saturated carbocycles. The number of anilines is 2. The quantitative estimate of drug-likeness (QED) is 0.645. The highest BCUT2D eigenvalue weighted by molar-refractivity contribution is 5.50. The minimum atomic E-state index is 0.298. The van der Waals surface area contributed by atoms with Crippen molar-refractivity contribution in [2.24, 2.45) is 11.8 Å². The molecule has 1 fully saturated rings. The first-order valence-corrected chi connectivity index (χ1v) is 7.15. The van der Waals surface area contributed by atoms with Gasteiger partial charge in [0.2, 0.25) is 0 Å². The predicted octanol–water partition coefficient (Wildman–Crippen LogP) is 2.51. The van der Waals surface area contributed by atoms with E-state index in [4.69, 9.17) is 10.8 Å². The van der Waals surface area contributed by atoms with Crippen LogP contribution in [0.3, 0.4) is 0 Å². The van der Waals surface area contributed by atoms with Crippen LogP contribution in [0.5, 0.6) is 0 Å². The molecule has 0 aromatic carbocycles. The Balaban J connectivity index is 2.35. The summed E-state index contributed by atoms with van der Waals surface area (Å²) in [4.78, 5) is 11.5. The molecule has 1 aromatic heterocycles. The smallest absolute Gasteiger partial charge is 0.145 e. The van der Waals surface area contributed by atoms with Crippen LogP contribution in [0.2, 0.25) is 0 Å². The zero-order chi connectivity index (χ0) is 14.0. The fourth-order valence-corrected chi connectivity index (χ4v) is 2.70. The Bertz CT molecular complexity index is 430. The molecular formula is C14H25N5. The lowest BCUT2D eigenvalue weighted by atomic mass is 10.0. The number of nitrogen functional groups attached to an aromatic ring is 1. The van der Waals surface area contributed by atoms with Gasteiger partial charge in [0.1, 0.15) is 17.5 Å². The number of hydrazine groups is 1. The van der Waals surface area contributed by atoms with Crippen LogP contribution in [0.4, 0.5) is 11.6 Å². The topological polar surface area (TPSA) is 67.1 Å². The molecule has 19 heavy (non-hydrogen) atoms. The van der Waals surface area contributed by atoms with Crippen LogP contribution in [-0.4, -0.2) is 22.6 Å². The van der Waals surface area contributed by atoms with E-state index >= 15 is 0 Å². The van der Waals surface area contributed by atoms with Crippen molar-refractivity contribution in [3.63, 3.8) is 0 Å². The normalized spacial score (nSPS) is 19.5. The summed E-state index contributed by atoms with van der Waals surface area (Å²) in [5, 5.41) is 0. The third-order valence-electron chi connectivity index (χ3n) is 3.76. The minimum Gasteiger partial charge on any atom is -0.353 e. The molecule has 1 aliphatic rings. The molecule has 5 heteroatoms. The van der Waals surface area contributed by atoms with Crippen LogP contribution in [0.1, 0.15) is 52.3 Å². The highest BCUT2D eigenvalue weighted by atomic mass is 15.3. The lowest BCUT2D eigenvalue weighted by Gasteiger charge is -2.29. The zero-order valence-corrected chi connectivity index (χ0v) is 12.3. The number of hydrogen-bond donors (Lipinski definition) is 2. The molecule has 1 aromatic rings. The molecule has 1 aliphatic heterocycles. The molecule has 2 rings (SSSR count). The molecule has 106 valence electrons. The maximum absolute atomic E-state index is 5.52. The van der Waals surface area contributed by atoms with Crippen molar-refractivity contribution in [3.05, 3.63) is 11.9 Å². The summed E-state index contributed by atoms with van der Waals surface area (Å²) < 4.78 is 0. The van der Waals surface area contributed by atoms with Crippen LogP contribution in [-0.2, 0) is 0 Å². The maximum Gasteiger partial charge on any atom is 0.145 e. The van der Waals surface area contributed by atoms with Crippen LogP contribution in [0.25, 0.3) is 0 Å². The minimum absolute atomic E-state index is 0.298. The first kappa shape index (κ1) is 14.1. The summed E-state index contributed by atoms with van der Waals surface area (Å²) in [5.41, 5.74) is 2.65. The van der Waals surface area contributed by atoms with E-state index in [0.717, 1.165) is 18.2 Å². The highest BCUT2D eigenvalue weighted by Gasteiger charge is 2.28. The SMILES string of the molecule is CC(C)c1nc(NN)cc(N2CCCC2C(C)C)n1. The number of aromatic nitrogens is 2. The maximum atomic E-state index is 5.52. The number of rotatable bonds is 4. The fourth-order valence-electron chi connectivity index (χ4n) is 2.70. The van der Waals surface area contributed by atoms with Gasteiger partial charge in [0.25, 0.3) is 0 Å². The molecule has 0 bridgehead atoms. The van der Waals surface area contributed by atoms with Gasteiger partial charge in [-0.1, -0.05) is 27.7 Å². The summed E-state index contributed by atoms with van der Waals surface area (Å²) in [6, 6.07) is 2.52. The summed E-state index contributed by atoms with van der Waals surface area (Å²) in [5.74, 6) is 9.00. The molecular weight excluding hydrogens is 238 g/mol. The monoisotopic (exact) mass is 263 g/mol. The highest BCUT2D eigenvalue weighted by Crippen LogP contribution is 2.30. The van der Waals surface area contributed by atoms with Gasteiger partial charge in [-0.25, -0.2) is 15.8 Å². The first-order chi connectivity index (χ1) is 9.02. The summed E-state index contributed by atoms with van der Waals surface area (Å²) >= 11 is 0. The standard InChI is InChI=1S/C14H25N5/c1-9(2)11-6-5-7-19(11)13-8-12(18-15)16-14(17-13)10(3)4/h8-11H,5-7,15H2,1-4H3,(H,16,17,18). The third kappa shape index (κ3) is 2.97. The van der Waals surface area contributed by atoms with Crippen molar-refractivity contribution in [1.29, 1.82) is 0 Å². The first-order valence-electron chi connectivity index (χ1n) is 7.15. The van der Waals surface area contributed by atoms with Gasteiger partial charge in [0.05, 0.1) is 0 Å². The number of nitrogens with zero attached hydrogens (tertiary/aromatic N) is 3. The van der Waals surface area contributed by atoms with E-state index in [-0.39, 0.29) is 0 Å².